The molecule has 0 saturated heterocycles. The fourth-order valence-electron chi connectivity index (χ4n) is 3.43. The third-order valence-electron chi connectivity index (χ3n) is 5.00. The predicted molar refractivity (Wildman–Crippen MR) is 100 cm³/mol. The molecule has 1 saturated carbocycles. The van der Waals surface area contributed by atoms with Crippen LogP contribution in [0.2, 0.25) is 0 Å². The van der Waals surface area contributed by atoms with E-state index in [2.05, 4.69) is 5.32 Å². The van der Waals surface area contributed by atoms with E-state index in [0.29, 0.717) is 35.4 Å². The molecule has 1 amide bonds. The van der Waals surface area contributed by atoms with Gasteiger partial charge in [0.1, 0.15) is 0 Å². The fraction of sp³-hybridized carbons (Fsp3) is 0.474. The summed E-state index contributed by atoms with van der Waals surface area (Å²) in [6.45, 7) is 6.87. The standard InChI is InChI=1S/C19H23F2N3OS/c1-4-23(5-2)18(25)16-11(3)24(13-7-8-13)19(26)22-17(16)12-6-9-14(20)15(21)10-12/h6,9-10,13,17H,4-5,7-8H2,1-3H3,(H,22,26)/t17-/m0/s1. The van der Waals surface area contributed by atoms with E-state index in [1.165, 1.54) is 6.07 Å². The number of nitrogens with one attached hydrogen (secondary N) is 1. The lowest BCUT2D eigenvalue weighted by molar-refractivity contribution is -0.127. The number of benzene rings is 1. The van der Waals surface area contributed by atoms with E-state index in [-0.39, 0.29) is 5.91 Å². The highest BCUT2D eigenvalue weighted by molar-refractivity contribution is 7.80. The normalized spacial score (nSPS) is 20.3. The highest BCUT2D eigenvalue weighted by Gasteiger charge is 2.41. The van der Waals surface area contributed by atoms with Crippen LogP contribution in [-0.2, 0) is 4.79 Å². The summed E-state index contributed by atoms with van der Waals surface area (Å²) in [5.74, 6) is -1.96. The quantitative estimate of drug-likeness (QED) is 0.795. The van der Waals surface area contributed by atoms with Crippen LogP contribution in [0.5, 0.6) is 0 Å². The van der Waals surface area contributed by atoms with Gasteiger partial charge < -0.3 is 15.1 Å². The molecule has 0 radical (unpaired) electrons. The summed E-state index contributed by atoms with van der Waals surface area (Å²) in [7, 11) is 0. The average Bonchev–Trinajstić information content (AvgIpc) is 3.42. The van der Waals surface area contributed by atoms with Gasteiger partial charge in [0.25, 0.3) is 5.91 Å². The maximum Gasteiger partial charge on any atom is 0.253 e. The maximum absolute atomic E-state index is 13.8. The molecule has 2 aliphatic rings. The van der Waals surface area contributed by atoms with Gasteiger partial charge in [0.2, 0.25) is 0 Å². The van der Waals surface area contributed by atoms with E-state index in [0.717, 1.165) is 30.7 Å². The van der Waals surface area contributed by atoms with E-state index in [1.54, 1.807) is 4.90 Å². The number of allylic oxidation sites excluding steroid dienone is 1. The molecule has 0 bridgehead atoms. The minimum absolute atomic E-state index is 0.108. The van der Waals surface area contributed by atoms with Crippen LogP contribution >= 0.6 is 12.2 Å². The number of hydrogen-bond donors (Lipinski definition) is 1. The molecule has 1 aliphatic heterocycles. The van der Waals surface area contributed by atoms with Crippen LogP contribution in [0.25, 0.3) is 0 Å². The van der Waals surface area contributed by atoms with Gasteiger partial charge in [-0.3, -0.25) is 4.79 Å². The summed E-state index contributed by atoms with van der Waals surface area (Å²) < 4.78 is 27.2. The molecule has 7 heteroatoms. The zero-order valence-electron chi connectivity index (χ0n) is 15.2. The second-order valence-corrected chi connectivity index (χ2v) is 7.02. The molecule has 0 aromatic heterocycles. The second-order valence-electron chi connectivity index (χ2n) is 6.63. The van der Waals surface area contributed by atoms with E-state index in [9.17, 15) is 13.6 Å². The fourth-order valence-corrected chi connectivity index (χ4v) is 3.83. The SMILES string of the molecule is CCN(CC)C(=O)C1=C(C)N(C2CC2)C(=S)N[C@H]1c1ccc(F)c(F)c1. The van der Waals surface area contributed by atoms with Crippen molar-refractivity contribution in [3.05, 3.63) is 46.7 Å². The smallest absolute Gasteiger partial charge is 0.253 e. The molecule has 0 unspecified atom stereocenters. The molecular formula is C19H23F2N3OS. The lowest BCUT2D eigenvalue weighted by atomic mass is 9.93. The van der Waals surface area contributed by atoms with Crippen molar-refractivity contribution in [2.75, 3.05) is 13.1 Å². The molecule has 1 atom stereocenters. The summed E-state index contributed by atoms with van der Waals surface area (Å²) in [5, 5.41) is 3.70. The van der Waals surface area contributed by atoms with Crippen LogP contribution in [0, 0.1) is 11.6 Å². The van der Waals surface area contributed by atoms with E-state index < -0.39 is 17.7 Å². The molecule has 1 N–H and O–H groups in total. The van der Waals surface area contributed by atoms with E-state index in [4.69, 9.17) is 12.2 Å². The van der Waals surface area contributed by atoms with Gasteiger partial charge in [0, 0.05) is 24.8 Å². The first-order chi connectivity index (χ1) is 12.4. The van der Waals surface area contributed by atoms with Gasteiger partial charge in [-0.05, 0) is 63.5 Å². The number of halogens is 2. The largest absolute Gasteiger partial charge is 0.351 e. The van der Waals surface area contributed by atoms with Crippen molar-refractivity contribution in [2.24, 2.45) is 0 Å². The Morgan fingerprint density at radius 3 is 2.46 bits per heavy atom. The van der Waals surface area contributed by atoms with Gasteiger partial charge in [-0.2, -0.15) is 0 Å². The number of hydrogen-bond acceptors (Lipinski definition) is 2. The van der Waals surface area contributed by atoms with Crippen molar-refractivity contribution >= 4 is 23.2 Å². The van der Waals surface area contributed by atoms with Crippen molar-refractivity contribution in [2.45, 2.75) is 45.7 Å². The molecule has 1 heterocycles. The third kappa shape index (κ3) is 3.32. The highest BCUT2D eigenvalue weighted by atomic mass is 32.1. The Kier molecular flexibility index (Phi) is 5.27. The van der Waals surface area contributed by atoms with Gasteiger partial charge in [0.05, 0.1) is 11.6 Å². The summed E-state index contributed by atoms with van der Waals surface area (Å²) in [6.07, 6.45) is 2.06. The number of carbonyl (C=O) groups is 1. The molecule has 1 aromatic carbocycles. The summed E-state index contributed by atoms with van der Waals surface area (Å²) in [6, 6.07) is 3.41. The monoisotopic (exact) mass is 379 g/mol. The Bertz CT molecular complexity index is 772. The minimum atomic E-state index is -0.938. The molecule has 4 nitrogen and oxygen atoms in total. The highest BCUT2D eigenvalue weighted by Crippen LogP contribution is 2.38. The molecule has 1 aliphatic carbocycles. The summed E-state index contributed by atoms with van der Waals surface area (Å²) >= 11 is 5.51. The van der Waals surface area contributed by atoms with Gasteiger partial charge in [0.15, 0.2) is 16.7 Å². The molecule has 1 aromatic rings. The summed E-state index contributed by atoms with van der Waals surface area (Å²) in [5.41, 5.74) is 1.82. The van der Waals surface area contributed by atoms with Crippen molar-refractivity contribution in [3.8, 4) is 0 Å². The lowest BCUT2D eigenvalue weighted by Gasteiger charge is -2.39. The number of carbonyl (C=O) groups excluding carboxylic acids is 1. The Hall–Kier alpha value is -2.02. The topological polar surface area (TPSA) is 35.6 Å². The maximum atomic E-state index is 13.8. The summed E-state index contributed by atoms with van der Waals surface area (Å²) in [4.78, 5) is 16.9. The lowest BCUT2D eigenvalue weighted by Crippen LogP contribution is -2.50. The van der Waals surface area contributed by atoms with Crippen molar-refractivity contribution in [1.82, 2.24) is 15.1 Å². The van der Waals surface area contributed by atoms with Crippen LogP contribution in [0.3, 0.4) is 0 Å². The number of rotatable bonds is 5. The molecule has 3 rings (SSSR count). The van der Waals surface area contributed by atoms with E-state index in [1.807, 2.05) is 25.7 Å². The molecule has 26 heavy (non-hydrogen) atoms. The second kappa shape index (κ2) is 7.31. The van der Waals surface area contributed by atoms with Crippen LogP contribution in [0.4, 0.5) is 8.78 Å². The van der Waals surface area contributed by atoms with Crippen LogP contribution in [0.15, 0.2) is 29.5 Å². The number of likely N-dealkylation sites (N-methyl/N-ethyl adjacent to an activating group) is 1. The van der Waals surface area contributed by atoms with Gasteiger partial charge in [-0.15, -0.1) is 0 Å². The molecule has 140 valence electrons. The minimum Gasteiger partial charge on any atom is -0.351 e. The van der Waals surface area contributed by atoms with Gasteiger partial charge in [-0.1, -0.05) is 6.07 Å². The molecule has 0 spiro atoms. The van der Waals surface area contributed by atoms with Crippen molar-refractivity contribution in [3.63, 3.8) is 0 Å². The van der Waals surface area contributed by atoms with E-state index >= 15 is 0 Å². The zero-order chi connectivity index (χ0) is 19.0. The Morgan fingerprint density at radius 2 is 1.92 bits per heavy atom. The first-order valence-corrected chi connectivity index (χ1v) is 9.34. The zero-order valence-corrected chi connectivity index (χ0v) is 16.0. The third-order valence-corrected chi connectivity index (χ3v) is 5.31. The molecular weight excluding hydrogens is 356 g/mol. The van der Waals surface area contributed by atoms with Crippen molar-refractivity contribution in [1.29, 1.82) is 0 Å². The Morgan fingerprint density at radius 1 is 1.27 bits per heavy atom. The van der Waals surface area contributed by atoms with Crippen LogP contribution < -0.4 is 5.32 Å². The Balaban J connectivity index is 2.10. The Labute approximate surface area is 157 Å². The van der Waals surface area contributed by atoms with Gasteiger partial charge in [-0.25, -0.2) is 8.78 Å². The number of thiocarbonyl (C=S) groups is 1. The van der Waals surface area contributed by atoms with Gasteiger partial charge >= 0.3 is 0 Å². The van der Waals surface area contributed by atoms with Crippen LogP contribution in [0.1, 0.15) is 45.2 Å². The van der Waals surface area contributed by atoms with Crippen LogP contribution in [-0.4, -0.2) is 40.0 Å². The molecule has 1 fully saturated rings. The predicted octanol–water partition coefficient (Wildman–Crippen LogP) is 3.50. The van der Waals surface area contributed by atoms with Crippen molar-refractivity contribution < 1.29 is 13.6 Å². The first-order valence-electron chi connectivity index (χ1n) is 8.93. The number of nitrogens with zero attached hydrogens (tertiary/aromatic N) is 2. The average molecular weight is 379 g/mol. The first kappa shape index (κ1) is 18.8. The number of amides is 1.